The van der Waals surface area contributed by atoms with Crippen molar-refractivity contribution in [3.05, 3.63) is 65.0 Å². The van der Waals surface area contributed by atoms with E-state index < -0.39 is 0 Å². The standard InChI is InChI=1S/C19H18ClN3O3/c1-2-25-16-8-6-14(7-9-16)19-22-18(26-23-19)12-21-17(24)11-13-4-3-5-15(20)10-13/h3-10H,2,11-12H2,1H3,(H,21,24). The van der Waals surface area contributed by atoms with Crippen LogP contribution in [-0.4, -0.2) is 22.7 Å². The fourth-order valence-electron chi connectivity index (χ4n) is 2.38. The van der Waals surface area contributed by atoms with Gasteiger partial charge in [0.05, 0.1) is 19.6 Å². The summed E-state index contributed by atoms with van der Waals surface area (Å²) in [6.45, 7) is 2.71. The summed E-state index contributed by atoms with van der Waals surface area (Å²) in [7, 11) is 0. The summed E-state index contributed by atoms with van der Waals surface area (Å²) in [6.07, 6.45) is 0.237. The van der Waals surface area contributed by atoms with E-state index in [9.17, 15) is 4.79 Å². The predicted molar refractivity (Wildman–Crippen MR) is 97.9 cm³/mol. The van der Waals surface area contributed by atoms with Crippen molar-refractivity contribution in [1.82, 2.24) is 15.5 Å². The van der Waals surface area contributed by atoms with Crippen molar-refractivity contribution in [3.8, 4) is 17.1 Å². The topological polar surface area (TPSA) is 77.3 Å². The highest BCUT2D eigenvalue weighted by Gasteiger charge is 2.10. The second kappa shape index (κ2) is 8.49. The lowest BCUT2D eigenvalue weighted by atomic mass is 10.1. The molecule has 0 aliphatic carbocycles. The molecule has 2 aromatic carbocycles. The minimum absolute atomic E-state index is 0.145. The molecule has 1 amide bonds. The van der Waals surface area contributed by atoms with Crippen LogP contribution in [0.4, 0.5) is 0 Å². The summed E-state index contributed by atoms with van der Waals surface area (Å²) < 4.78 is 10.6. The SMILES string of the molecule is CCOc1ccc(-c2noc(CNC(=O)Cc3cccc(Cl)c3)n2)cc1. The number of benzene rings is 2. The molecule has 0 aliphatic heterocycles. The molecule has 0 radical (unpaired) electrons. The van der Waals surface area contributed by atoms with Crippen LogP contribution in [0, 0.1) is 0 Å². The van der Waals surface area contributed by atoms with Crippen molar-refractivity contribution in [2.24, 2.45) is 0 Å². The number of rotatable bonds is 7. The molecule has 0 fully saturated rings. The number of aromatic nitrogens is 2. The minimum Gasteiger partial charge on any atom is -0.494 e. The molecule has 1 aromatic heterocycles. The van der Waals surface area contributed by atoms with Gasteiger partial charge in [0.1, 0.15) is 5.75 Å². The van der Waals surface area contributed by atoms with Crippen molar-refractivity contribution in [1.29, 1.82) is 0 Å². The number of nitrogens with zero attached hydrogens (tertiary/aromatic N) is 2. The van der Waals surface area contributed by atoms with Gasteiger partial charge in [-0.1, -0.05) is 28.9 Å². The van der Waals surface area contributed by atoms with E-state index in [1.54, 1.807) is 12.1 Å². The molecule has 3 rings (SSSR count). The van der Waals surface area contributed by atoms with Crippen molar-refractivity contribution in [3.63, 3.8) is 0 Å². The number of hydrogen-bond donors (Lipinski definition) is 1. The van der Waals surface area contributed by atoms with Crippen molar-refractivity contribution < 1.29 is 14.1 Å². The minimum atomic E-state index is -0.145. The van der Waals surface area contributed by atoms with Crippen molar-refractivity contribution >= 4 is 17.5 Å². The van der Waals surface area contributed by atoms with E-state index >= 15 is 0 Å². The molecule has 6 nitrogen and oxygen atoms in total. The van der Waals surface area contributed by atoms with E-state index in [0.717, 1.165) is 16.9 Å². The highest BCUT2D eigenvalue weighted by molar-refractivity contribution is 6.30. The van der Waals surface area contributed by atoms with Crippen LogP contribution in [0.1, 0.15) is 18.4 Å². The van der Waals surface area contributed by atoms with Gasteiger partial charge in [0.15, 0.2) is 0 Å². The summed E-state index contributed by atoms with van der Waals surface area (Å²) in [5.74, 6) is 1.45. The van der Waals surface area contributed by atoms with Gasteiger partial charge in [-0.05, 0) is 48.9 Å². The van der Waals surface area contributed by atoms with Gasteiger partial charge in [-0.25, -0.2) is 0 Å². The fourth-order valence-corrected chi connectivity index (χ4v) is 2.59. The third kappa shape index (κ3) is 4.83. The number of halogens is 1. The fraction of sp³-hybridized carbons (Fsp3) is 0.211. The van der Waals surface area contributed by atoms with Gasteiger partial charge < -0.3 is 14.6 Å². The Kier molecular flexibility index (Phi) is 5.86. The zero-order valence-electron chi connectivity index (χ0n) is 14.2. The number of carbonyl (C=O) groups is 1. The number of carbonyl (C=O) groups excluding carboxylic acids is 1. The zero-order valence-corrected chi connectivity index (χ0v) is 15.0. The van der Waals surface area contributed by atoms with Crippen LogP contribution in [0.2, 0.25) is 5.02 Å². The summed E-state index contributed by atoms with van der Waals surface area (Å²) >= 11 is 5.92. The van der Waals surface area contributed by atoms with Crippen LogP contribution in [0.25, 0.3) is 11.4 Å². The van der Waals surface area contributed by atoms with Crippen LogP contribution in [0.15, 0.2) is 53.1 Å². The first-order valence-electron chi connectivity index (χ1n) is 8.21. The lowest BCUT2D eigenvalue weighted by Gasteiger charge is -2.03. The molecule has 1 N–H and O–H groups in total. The maximum Gasteiger partial charge on any atom is 0.246 e. The third-order valence-electron chi connectivity index (χ3n) is 3.58. The Bertz CT molecular complexity index is 878. The first kappa shape index (κ1) is 17.9. The number of nitrogens with one attached hydrogen (secondary N) is 1. The van der Waals surface area contributed by atoms with Gasteiger partial charge >= 0.3 is 0 Å². The monoisotopic (exact) mass is 371 g/mol. The highest BCUT2D eigenvalue weighted by atomic mass is 35.5. The molecule has 0 saturated carbocycles. The molecular formula is C19H18ClN3O3. The molecule has 1 heterocycles. The lowest BCUT2D eigenvalue weighted by Crippen LogP contribution is -2.24. The van der Waals surface area contributed by atoms with E-state index in [1.165, 1.54) is 0 Å². The van der Waals surface area contributed by atoms with Gasteiger partial charge in [0.25, 0.3) is 0 Å². The Morgan fingerprint density at radius 1 is 1.23 bits per heavy atom. The second-order valence-electron chi connectivity index (χ2n) is 5.55. The first-order valence-corrected chi connectivity index (χ1v) is 8.59. The Morgan fingerprint density at radius 2 is 2.04 bits per heavy atom. The van der Waals surface area contributed by atoms with E-state index in [1.807, 2.05) is 43.3 Å². The lowest BCUT2D eigenvalue weighted by molar-refractivity contribution is -0.120. The molecule has 26 heavy (non-hydrogen) atoms. The van der Waals surface area contributed by atoms with Crippen LogP contribution in [0.3, 0.4) is 0 Å². The van der Waals surface area contributed by atoms with Gasteiger partial charge in [-0.2, -0.15) is 4.98 Å². The van der Waals surface area contributed by atoms with E-state index in [0.29, 0.717) is 23.3 Å². The summed E-state index contributed by atoms with van der Waals surface area (Å²) in [5.41, 5.74) is 1.66. The molecule has 0 bridgehead atoms. The summed E-state index contributed by atoms with van der Waals surface area (Å²) in [6, 6.07) is 14.6. The number of hydrogen-bond acceptors (Lipinski definition) is 5. The maximum absolute atomic E-state index is 12.0. The van der Waals surface area contributed by atoms with Crippen LogP contribution >= 0.6 is 11.6 Å². The molecule has 0 aliphatic rings. The molecule has 0 spiro atoms. The van der Waals surface area contributed by atoms with Crippen molar-refractivity contribution in [2.75, 3.05) is 6.61 Å². The summed E-state index contributed by atoms with van der Waals surface area (Å²) in [5, 5.41) is 7.30. The largest absolute Gasteiger partial charge is 0.494 e. The quantitative estimate of drug-likeness (QED) is 0.686. The van der Waals surface area contributed by atoms with Gasteiger partial charge in [0.2, 0.25) is 17.6 Å². The molecule has 0 unspecified atom stereocenters. The molecule has 0 atom stereocenters. The van der Waals surface area contributed by atoms with E-state index in [2.05, 4.69) is 15.5 Å². The molecule has 7 heteroatoms. The maximum atomic E-state index is 12.0. The van der Waals surface area contributed by atoms with Gasteiger partial charge in [0, 0.05) is 10.6 Å². The Morgan fingerprint density at radius 3 is 2.77 bits per heavy atom. The Balaban J connectivity index is 1.55. The Hall–Kier alpha value is -2.86. The van der Waals surface area contributed by atoms with Crippen LogP contribution in [0.5, 0.6) is 5.75 Å². The average molecular weight is 372 g/mol. The number of ether oxygens (including phenoxy) is 1. The summed E-state index contributed by atoms with van der Waals surface area (Å²) in [4.78, 5) is 16.3. The highest BCUT2D eigenvalue weighted by Crippen LogP contribution is 2.20. The van der Waals surface area contributed by atoms with E-state index in [4.69, 9.17) is 20.9 Å². The molecule has 134 valence electrons. The van der Waals surface area contributed by atoms with E-state index in [-0.39, 0.29) is 18.9 Å². The first-order chi connectivity index (χ1) is 12.6. The van der Waals surface area contributed by atoms with Crippen molar-refractivity contribution in [2.45, 2.75) is 19.9 Å². The van der Waals surface area contributed by atoms with Crippen LogP contribution in [-0.2, 0) is 17.8 Å². The molecule has 0 saturated heterocycles. The predicted octanol–water partition coefficient (Wildman–Crippen LogP) is 3.65. The van der Waals surface area contributed by atoms with Gasteiger partial charge in [-0.3, -0.25) is 4.79 Å². The molecular weight excluding hydrogens is 354 g/mol. The average Bonchev–Trinajstić information content (AvgIpc) is 3.10. The number of amides is 1. The Labute approximate surface area is 156 Å². The van der Waals surface area contributed by atoms with Gasteiger partial charge in [-0.15, -0.1) is 0 Å². The van der Waals surface area contributed by atoms with Crippen LogP contribution < -0.4 is 10.1 Å². The molecule has 3 aromatic rings. The third-order valence-corrected chi connectivity index (χ3v) is 3.82. The smallest absolute Gasteiger partial charge is 0.246 e. The normalized spacial score (nSPS) is 10.5. The zero-order chi connectivity index (χ0) is 18.4. The second-order valence-corrected chi connectivity index (χ2v) is 5.99.